The summed E-state index contributed by atoms with van der Waals surface area (Å²) in [4.78, 5) is 4.27. The summed E-state index contributed by atoms with van der Waals surface area (Å²) >= 11 is 12.8. The van der Waals surface area contributed by atoms with Gasteiger partial charge in [-0.3, -0.25) is 0 Å². The van der Waals surface area contributed by atoms with Crippen molar-refractivity contribution in [1.82, 2.24) is 4.98 Å². The molecule has 0 fully saturated rings. The number of rotatable bonds is 4. The molecule has 4 aromatic rings. The molecule has 0 radical (unpaired) electrons. The van der Waals surface area contributed by atoms with E-state index in [1.807, 2.05) is 48.5 Å². The SMILES string of the molecule is Cc1cc(-c2c(Cl)nc(Cl)c3cc(OCc4ccccc4)ccc23)ccc1F. The van der Waals surface area contributed by atoms with E-state index in [2.05, 4.69) is 4.98 Å². The quantitative estimate of drug-likeness (QED) is 0.330. The minimum absolute atomic E-state index is 0.261. The average Bonchev–Trinajstić information content (AvgIpc) is 2.70. The molecular weight excluding hydrogens is 396 g/mol. The summed E-state index contributed by atoms with van der Waals surface area (Å²) in [6, 6.07) is 20.4. The second-order valence-corrected chi connectivity index (χ2v) is 7.23. The van der Waals surface area contributed by atoms with Gasteiger partial charge in [0.05, 0.1) is 0 Å². The van der Waals surface area contributed by atoms with Crippen LogP contribution >= 0.6 is 23.2 Å². The number of halogens is 3. The topological polar surface area (TPSA) is 22.1 Å². The van der Waals surface area contributed by atoms with Crippen LogP contribution in [-0.4, -0.2) is 4.98 Å². The highest BCUT2D eigenvalue weighted by atomic mass is 35.5. The zero-order valence-corrected chi connectivity index (χ0v) is 16.6. The van der Waals surface area contributed by atoms with Crippen molar-refractivity contribution in [3.8, 4) is 16.9 Å². The summed E-state index contributed by atoms with van der Waals surface area (Å²) in [5.74, 6) is 0.423. The minimum Gasteiger partial charge on any atom is -0.489 e. The third kappa shape index (κ3) is 3.68. The molecular formula is C23H16Cl2FNO. The molecule has 1 aromatic heterocycles. The Kier molecular flexibility index (Phi) is 5.21. The number of benzene rings is 3. The van der Waals surface area contributed by atoms with E-state index < -0.39 is 0 Å². The molecule has 0 N–H and O–H groups in total. The number of aryl methyl sites for hydroxylation is 1. The third-order valence-corrected chi connectivity index (χ3v) is 5.14. The molecule has 0 saturated heterocycles. The van der Waals surface area contributed by atoms with Gasteiger partial charge in [-0.05, 0) is 59.3 Å². The number of nitrogens with zero attached hydrogens (tertiary/aromatic N) is 1. The first-order valence-corrected chi connectivity index (χ1v) is 9.50. The Morgan fingerprint density at radius 3 is 2.43 bits per heavy atom. The summed E-state index contributed by atoms with van der Waals surface area (Å²) in [6.07, 6.45) is 0. The van der Waals surface area contributed by atoms with Crippen molar-refractivity contribution in [1.29, 1.82) is 0 Å². The first-order chi connectivity index (χ1) is 13.5. The van der Waals surface area contributed by atoms with E-state index in [1.54, 1.807) is 19.1 Å². The van der Waals surface area contributed by atoms with Crippen molar-refractivity contribution in [3.63, 3.8) is 0 Å². The van der Waals surface area contributed by atoms with E-state index in [0.29, 0.717) is 23.1 Å². The molecule has 0 saturated carbocycles. The van der Waals surface area contributed by atoms with Crippen LogP contribution < -0.4 is 4.74 Å². The lowest BCUT2D eigenvalue weighted by Gasteiger charge is -2.13. The lowest BCUT2D eigenvalue weighted by atomic mass is 9.99. The molecule has 0 aliphatic rings. The van der Waals surface area contributed by atoms with Gasteiger partial charge in [0.15, 0.2) is 0 Å². The maximum absolute atomic E-state index is 13.7. The summed E-state index contributed by atoms with van der Waals surface area (Å²) in [6.45, 7) is 2.17. The zero-order valence-electron chi connectivity index (χ0n) is 15.0. The Labute approximate surface area is 172 Å². The zero-order chi connectivity index (χ0) is 19.7. The van der Waals surface area contributed by atoms with Gasteiger partial charge in [0.25, 0.3) is 0 Å². The molecule has 0 aliphatic heterocycles. The average molecular weight is 412 g/mol. The first kappa shape index (κ1) is 18.7. The van der Waals surface area contributed by atoms with Crippen LogP contribution in [0.15, 0.2) is 66.7 Å². The van der Waals surface area contributed by atoms with Crippen molar-refractivity contribution >= 4 is 34.0 Å². The Morgan fingerprint density at radius 2 is 1.68 bits per heavy atom. The normalized spacial score (nSPS) is 11.0. The monoisotopic (exact) mass is 411 g/mol. The molecule has 28 heavy (non-hydrogen) atoms. The van der Waals surface area contributed by atoms with Crippen LogP contribution in [0.25, 0.3) is 21.9 Å². The summed E-state index contributed by atoms with van der Waals surface area (Å²) in [5, 5.41) is 2.14. The summed E-state index contributed by atoms with van der Waals surface area (Å²) in [7, 11) is 0. The second-order valence-electron chi connectivity index (χ2n) is 6.51. The molecule has 0 spiro atoms. The molecule has 4 rings (SSSR count). The van der Waals surface area contributed by atoms with Gasteiger partial charge in [-0.1, -0.05) is 59.6 Å². The van der Waals surface area contributed by atoms with Gasteiger partial charge in [0, 0.05) is 10.9 Å². The van der Waals surface area contributed by atoms with Crippen LogP contribution in [0.3, 0.4) is 0 Å². The van der Waals surface area contributed by atoms with Crippen molar-refractivity contribution < 1.29 is 9.13 Å². The number of aromatic nitrogens is 1. The number of fused-ring (bicyclic) bond motifs is 1. The van der Waals surface area contributed by atoms with Gasteiger partial charge in [0.2, 0.25) is 0 Å². The molecule has 2 nitrogen and oxygen atoms in total. The van der Waals surface area contributed by atoms with Crippen molar-refractivity contribution in [2.45, 2.75) is 13.5 Å². The predicted octanol–water partition coefficient (Wildman–Crippen LogP) is 7.24. The highest BCUT2D eigenvalue weighted by Gasteiger charge is 2.15. The van der Waals surface area contributed by atoms with Crippen LogP contribution in [-0.2, 0) is 6.61 Å². The van der Waals surface area contributed by atoms with Crippen LogP contribution in [0.1, 0.15) is 11.1 Å². The molecule has 1 heterocycles. The minimum atomic E-state index is -0.261. The third-order valence-electron chi connectivity index (χ3n) is 4.58. The standard InChI is InChI=1S/C23H16Cl2FNO/c1-14-11-16(7-10-20(14)26)21-18-9-8-17(12-19(18)22(24)27-23(21)25)28-13-15-5-3-2-4-6-15/h2-12H,13H2,1H3. The fraction of sp³-hybridized carbons (Fsp3) is 0.0870. The van der Waals surface area contributed by atoms with Gasteiger partial charge in [-0.2, -0.15) is 0 Å². The highest BCUT2D eigenvalue weighted by Crippen LogP contribution is 2.39. The molecule has 0 bridgehead atoms. The van der Waals surface area contributed by atoms with Gasteiger partial charge >= 0.3 is 0 Å². The van der Waals surface area contributed by atoms with Crippen molar-refractivity contribution in [2.24, 2.45) is 0 Å². The maximum Gasteiger partial charge on any atom is 0.139 e. The van der Waals surface area contributed by atoms with E-state index in [1.165, 1.54) is 6.07 Å². The summed E-state index contributed by atoms with van der Waals surface area (Å²) < 4.78 is 19.6. The molecule has 5 heteroatoms. The maximum atomic E-state index is 13.7. The Balaban J connectivity index is 1.76. The molecule has 3 aromatic carbocycles. The molecule has 0 atom stereocenters. The Bertz CT molecular complexity index is 1160. The predicted molar refractivity (Wildman–Crippen MR) is 113 cm³/mol. The molecule has 0 amide bonds. The fourth-order valence-corrected chi connectivity index (χ4v) is 3.71. The second kappa shape index (κ2) is 7.78. The smallest absolute Gasteiger partial charge is 0.139 e. The number of hydrogen-bond acceptors (Lipinski definition) is 2. The van der Waals surface area contributed by atoms with E-state index in [-0.39, 0.29) is 11.0 Å². The highest BCUT2D eigenvalue weighted by molar-refractivity contribution is 6.39. The molecule has 0 aliphatic carbocycles. The van der Waals surface area contributed by atoms with Crippen LogP contribution in [0.2, 0.25) is 10.3 Å². The lowest BCUT2D eigenvalue weighted by Crippen LogP contribution is -1.96. The van der Waals surface area contributed by atoms with Crippen molar-refractivity contribution in [2.75, 3.05) is 0 Å². The molecule has 0 unspecified atom stereocenters. The number of pyridine rings is 1. The largest absolute Gasteiger partial charge is 0.489 e. The van der Waals surface area contributed by atoms with Gasteiger partial charge in [-0.25, -0.2) is 9.37 Å². The van der Waals surface area contributed by atoms with E-state index in [0.717, 1.165) is 27.5 Å². The van der Waals surface area contributed by atoms with Crippen LogP contribution in [0.4, 0.5) is 4.39 Å². The fourth-order valence-electron chi connectivity index (χ4n) is 3.13. The van der Waals surface area contributed by atoms with Gasteiger partial charge < -0.3 is 4.74 Å². The number of ether oxygens (including phenoxy) is 1. The Hall–Kier alpha value is -2.62. The van der Waals surface area contributed by atoms with E-state index in [9.17, 15) is 4.39 Å². The number of hydrogen-bond donors (Lipinski definition) is 0. The summed E-state index contributed by atoms with van der Waals surface area (Å²) in [5.41, 5.74) is 3.12. The van der Waals surface area contributed by atoms with E-state index in [4.69, 9.17) is 27.9 Å². The Morgan fingerprint density at radius 1 is 0.893 bits per heavy atom. The molecule has 140 valence electrons. The lowest BCUT2D eigenvalue weighted by molar-refractivity contribution is 0.306. The van der Waals surface area contributed by atoms with Crippen LogP contribution in [0.5, 0.6) is 5.75 Å². The van der Waals surface area contributed by atoms with Gasteiger partial charge in [-0.15, -0.1) is 0 Å². The van der Waals surface area contributed by atoms with Crippen molar-refractivity contribution in [3.05, 3.63) is 94.0 Å². The van der Waals surface area contributed by atoms with Crippen LogP contribution in [0, 0.1) is 12.7 Å². The van der Waals surface area contributed by atoms with E-state index >= 15 is 0 Å². The first-order valence-electron chi connectivity index (χ1n) is 8.75. The van der Waals surface area contributed by atoms with Gasteiger partial charge in [0.1, 0.15) is 28.5 Å².